The zero-order valence-electron chi connectivity index (χ0n) is 9.12. The number of anilines is 1. The molecule has 17 heavy (non-hydrogen) atoms. The van der Waals surface area contributed by atoms with E-state index in [0.29, 0.717) is 11.6 Å². The molecule has 2 aromatic rings. The summed E-state index contributed by atoms with van der Waals surface area (Å²) in [6.07, 6.45) is 3.33. The number of hydrogen-bond donors (Lipinski definition) is 2. The van der Waals surface area contributed by atoms with Crippen molar-refractivity contribution in [3.05, 3.63) is 30.6 Å². The summed E-state index contributed by atoms with van der Waals surface area (Å²) in [7, 11) is 0. The minimum atomic E-state index is -0.0124. The summed E-state index contributed by atoms with van der Waals surface area (Å²) in [5.41, 5.74) is 5.87. The van der Waals surface area contributed by atoms with Crippen LogP contribution in [0.25, 0.3) is 0 Å². The molecule has 5 nitrogen and oxygen atoms in total. The Kier molecular flexibility index (Phi) is 3.34. The number of aromatic hydroxyl groups is 1. The van der Waals surface area contributed by atoms with Crippen LogP contribution in [0, 0.1) is 0 Å². The molecule has 0 atom stereocenters. The smallest absolute Gasteiger partial charge is 0.223 e. The van der Waals surface area contributed by atoms with Gasteiger partial charge in [0, 0.05) is 6.07 Å². The van der Waals surface area contributed by atoms with Crippen molar-refractivity contribution in [1.29, 1.82) is 0 Å². The minimum absolute atomic E-state index is 0.0124. The van der Waals surface area contributed by atoms with Crippen molar-refractivity contribution in [3.63, 3.8) is 0 Å². The van der Waals surface area contributed by atoms with Gasteiger partial charge in [0.2, 0.25) is 5.88 Å². The lowest BCUT2D eigenvalue weighted by molar-refractivity contribution is 0.447. The largest absolute Gasteiger partial charge is 0.506 e. The predicted octanol–water partition coefficient (Wildman–Crippen LogP) is 2.28. The van der Waals surface area contributed by atoms with Crippen molar-refractivity contribution in [1.82, 2.24) is 9.97 Å². The normalized spacial score (nSPS) is 10.2. The second-order valence-electron chi connectivity index (χ2n) is 3.19. The van der Waals surface area contributed by atoms with Gasteiger partial charge >= 0.3 is 0 Å². The quantitative estimate of drug-likeness (QED) is 0.376. The number of hydrogen-bond acceptors (Lipinski definition) is 6. The number of thioether (sulfide) groups is 1. The highest BCUT2D eigenvalue weighted by molar-refractivity contribution is 7.98. The molecule has 0 saturated carbocycles. The molecule has 2 rings (SSSR count). The molecule has 0 bridgehead atoms. The Morgan fingerprint density at radius 2 is 2.18 bits per heavy atom. The zero-order chi connectivity index (χ0) is 12.3. The monoisotopic (exact) mass is 249 g/mol. The first-order valence-electron chi connectivity index (χ1n) is 4.82. The SMILES string of the molecule is CSc1cc(Oc2cccc(O)c2N)ncn1. The van der Waals surface area contributed by atoms with Gasteiger partial charge in [-0.3, -0.25) is 0 Å². The molecule has 0 fully saturated rings. The highest BCUT2D eigenvalue weighted by Gasteiger charge is 2.07. The number of nitrogens with two attached hydrogens (primary N) is 1. The van der Waals surface area contributed by atoms with E-state index in [0.717, 1.165) is 5.03 Å². The lowest BCUT2D eigenvalue weighted by atomic mass is 10.3. The average molecular weight is 249 g/mol. The molecule has 0 radical (unpaired) electrons. The molecule has 1 aromatic carbocycles. The van der Waals surface area contributed by atoms with Gasteiger partial charge in [-0.05, 0) is 18.4 Å². The third-order valence-corrected chi connectivity index (χ3v) is 2.73. The second kappa shape index (κ2) is 4.92. The molecular formula is C11H11N3O2S. The van der Waals surface area contributed by atoms with Gasteiger partial charge < -0.3 is 15.6 Å². The average Bonchev–Trinajstić information content (AvgIpc) is 2.35. The van der Waals surface area contributed by atoms with Crippen molar-refractivity contribution < 1.29 is 9.84 Å². The molecule has 88 valence electrons. The fraction of sp³-hybridized carbons (Fsp3) is 0.0909. The third-order valence-electron chi connectivity index (χ3n) is 2.08. The van der Waals surface area contributed by atoms with Crippen LogP contribution in [0.2, 0.25) is 0 Å². The first-order valence-corrected chi connectivity index (χ1v) is 6.04. The van der Waals surface area contributed by atoms with Crippen LogP contribution in [0.3, 0.4) is 0 Å². The number of para-hydroxylation sites is 1. The summed E-state index contributed by atoms with van der Waals surface area (Å²) < 4.78 is 5.48. The Hall–Kier alpha value is -1.95. The van der Waals surface area contributed by atoms with Crippen molar-refractivity contribution in [3.8, 4) is 17.4 Å². The first kappa shape index (κ1) is 11.5. The van der Waals surface area contributed by atoms with Gasteiger partial charge in [0.05, 0.1) is 0 Å². The summed E-state index contributed by atoms with van der Waals surface area (Å²) in [4.78, 5) is 8.00. The highest BCUT2D eigenvalue weighted by Crippen LogP contribution is 2.33. The van der Waals surface area contributed by atoms with Gasteiger partial charge in [-0.2, -0.15) is 0 Å². The van der Waals surface area contributed by atoms with E-state index in [4.69, 9.17) is 10.5 Å². The number of nitrogen functional groups attached to an aromatic ring is 1. The van der Waals surface area contributed by atoms with Gasteiger partial charge in [0.1, 0.15) is 22.8 Å². The molecule has 0 aliphatic rings. The van der Waals surface area contributed by atoms with E-state index in [2.05, 4.69) is 9.97 Å². The van der Waals surface area contributed by atoms with E-state index in [1.165, 1.54) is 24.2 Å². The lowest BCUT2D eigenvalue weighted by Gasteiger charge is -2.08. The van der Waals surface area contributed by atoms with Crippen LogP contribution < -0.4 is 10.5 Å². The van der Waals surface area contributed by atoms with Crippen molar-refractivity contribution in [2.45, 2.75) is 5.03 Å². The van der Waals surface area contributed by atoms with E-state index in [-0.39, 0.29) is 11.4 Å². The molecule has 0 saturated heterocycles. The van der Waals surface area contributed by atoms with E-state index in [1.54, 1.807) is 18.2 Å². The second-order valence-corrected chi connectivity index (χ2v) is 4.02. The summed E-state index contributed by atoms with van der Waals surface area (Å²) in [6.45, 7) is 0. The molecule has 0 amide bonds. The van der Waals surface area contributed by atoms with Crippen molar-refractivity contribution >= 4 is 17.4 Å². The molecule has 0 aliphatic heterocycles. The number of phenolic OH excluding ortho intramolecular Hbond substituents is 1. The number of benzene rings is 1. The Labute approximate surface area is 103 Å². The molecule has 0 spiro atoms. The Morgan fingerprint density at radius 1 is 1.35 bits per heavy atom. The number of ether oxygens (including phenoxy) is 1. The summed E-state index contributed by atoms with van der Waals surface area (Å²) in [5, 5.41) is 10.2. The highest BCUT2D eigenvalue weighted by atomic mass is 32.2. The van der Waals surface area contributed by atoms with Gasteiger partial charge in [-0.15, -0.1) is 11.8 Å². The fourth-order valence-electron chi connectivity index (χ4n) is 1.22. The Bertz CT molecular complexity index is 534. The maximum Gasteiger partial charge on any atom is 0.223 e. The number of aromatic nitrogens is 2. The molecular weight excluding hydrogens is 238 g/mol. The molecule has 0 aliphatic carbocycles. The maximum atomic E-state index is 9.44. The van der Waals surface area contributed by atoms with Crippen LogP contribution >= 0.6 is 11.8 Å². The summed E-state index contributed by atoms with van der Waals surface area (Å²) >= 11 is 1.49. The molecule has 3 N–H and O–H groups in total. The first-order chi connectivity index (χ1) is 8.20. The molecule has 1 heterocycles. The predicted molar refractivity (Wildman–Crippen MR) is 66.4 cm³/mol. The topological polar surface area (TPSA) is 81.3 Å². The van der Waals surface area contributed by atoms with Gasteiger partial charge in [0.25, 0.3) is 0 Å². The van der Waals surface area contributed by atoms with Crippen LogP contribution in [0.5, 0.6) is 17.4 Å². The van der Waals surface area contributed by atoms with Gasteiger partial charge in [-0.1, -0.05) is 6.07 Å². The van der Waals surface area contributed by atoms with E-state index in [1.807, 2.05) is 6.26 Å². The zero-order valence-corrected chi connectivity index (χ0v) is 9.94. The van der Waals surface area contributed by atoms with Crippen LogP contribution in [-0.4, -0.2) is 21.3 Å². The van der Waals surface area contributed by atoms with Crippen molar-refractivity contribution in [2.75, 3.05) is 12.0 Å². The molecule has 1 aromatic heterocycles. The van der Waals surface area contributed by atoms with Crippen LogP contribution in [0.1, 0.15) is 0 Å². The number of nitrogens with zero attached hydrogens (tertiary/aromatic N) is 2. The number of phenols is 1. The maximum absolute atomic E-state index is 9.44. The van der Waals surface area contributed by atoms with Crippen LogP contribution in [0.15, 0.2) is 35.6 Å². The number of rotatable bonds is 3. The van der Waals surface area contributed by atoms with Crippen LogP contribution in [0.4, 0.5) is 5.69 Å². The summed E-state index contributed by atoms with van der Waals surface area (Å²) in [6, 6.07) is 6.51. The lowest BCUT2D eigenvalue weighted by Crippen LogP contribution is -1.94. The standard InChI is InChI=1S/C11H11N3O2S/c1-17-10-5-9(13-6-14-10)16-8-4-2-3-7(15)11(8)12/h2-6,15H,12H2,1H3. The molecule has 6 heteroatoms. The fourth-order valence-corrected chi connectivity index (χ4v) is 1.60. The van der Waals surface area contributed by atoms with Crippen LogP contribution in [-0.2, 0) is 0 Å². The molecule has 0 unspecified atom stereocenters. The van der Waals surface area contributed by atoms with Gasteiger partial charge in [0.15, 0.2) is 5.75 Å². The van der Waals surface area contributed by atoms with Crippen molar-refractivity contribution in [2.24, 2.45) is 0 Å². The van der Waals surface area contributed by atoms with Gasteiger partial charge in [-0.25, -0.2) is 9.97 Å². The third kappa shape index (κ3) is 2.59. The minimum Gasteiger partial charge on any atom is -0.506 e. The van der Waals surface area contributed by atoms with E-state index in [9.17, 15) is 5.11 Å². The Morgan fingerprint density at radius 3 is 2.94 bits per heavy atom. The van der Waals surface area contributed by atoms with E-state index < -0.39 is 0 Å². The Balaban J connectivity index is 2.28. The van der Waals surface area contributed by atoms with E-state index >= 15 is 0 Å². The summed E-state index contributed by atoms with van der Waals surface area (Å²) in [5.74, 6) is 0.749.